The van der Waals surface area contributed by atoms with Gasteiger partial charge >= 0.3 is 0 Å². The molecule has 0 unspecified atom stereocenters. The van der Waals surface area contributed by atoms with Gasteiger partial charge in [0, 0.05) is 27.2 Å². The van der Waals surface area contributed by atoms with Gasteiger partial charge in [-0.2, -0.15) is 0 Å². The van der Waals surface area contributed by atoms with Crippen molar-refractivity contribution >= 4 is 11.6 Å². The summed E-state index contributed by atoms with van der Waals surface area (Å²) in [6.45, 7) is 4.24. The monoisotopic (exact) mass is 265 g/mol. The van der Waals surface area contributed by atoms with Crippen LogP contribution in [-0.2, 0) is 4.74 Å². The van der Waals surface area contributed by atoms with Crippen molar-refractivity contribution in [3.8, 4) is 0 Å². The Labute approximate surface area is 115 Å². The standard InChI is InChI=1S/C14H23N3O2/c1-4-5-9-17(2)14(18)13-7-6-12(11-16-13)15-8-10-19-3/h6-7,11,15H,4-5,8-10H2,1-3H3. The molecule has 0 spiro atoms. The zero-order valence-corrected chi connectivity index (χ0v) is 12.0. The molecule has 0 saturated heterocycles. The second-order valence-corrected chi connectivity index (χ2v) is 4.43. The summed E-state index contributed by atoms with van der Waals surface area (Å²) in [6, 6.07) is 3.61. The second kappa shape index (κ2) is 8.48. The van der Waals surface area contributed by atoms with Crippen LogP contribution in [0.15, 0.2) is 18.3 Å². The van der Waals surface area contributed by atoms with Crippen molar-refractivity contribution in [1.29, 1.82) is 0 Å². The third-order valence-electron chi connectivity index (χ3n) is 2.81. The van der Waals surface area contributed by atoms with Gasteiger partial charge in [0.1, 0.15) is 5.69 Å². The molecule has 1 heterocycles. The molecule has 0 bridgehead atoms. The number of nitrogens with zero attached hydrogens (tertiary/aromatic N) is 2. The van der Waals surface area contributed by atoms with Crippen molar-refractivity contribution < 1.29 is 9.53 Å². The van der Waals surface area contributed by atoms with Crippen molar-refractivity contribution in [2.45, 2.75) is 19.8 Å². The molecule has 1 amide bonds. The van der Waals surface area contributed by atoms with E-state index in [1.807, 2.05) is 13.1 Å². The van der Waals surface area contributed by atoms with Crippen LogP contribution in [0.1, 0.15) is 30.3 Å². The number of hydrogen-bond acceptors (Lipinski definition) is 4. The number of amides is 1. The Hall–Kier alpha value is -1.62. The number of pyridine rings is 1. The molecule has 0 aliphatic rings. The molecule has 0 fully saturated rings. The number of unbranched alkanes of at least 4 members (excludes halogenated alkanes) is 1. The lowest BCUT2D eigenvalue weighted by molar-refractivity contribution is 0.0787. The number of ether oxygens (including phenoxy) is 1. The zero-order valence-electron chi connectivity index (χ0n) is 12.0. The van der Waals surface area contributed by atoms with E-state index in [4.69, 9.17) is 4.74 Å². The lowest BCUT2D eigenvalue weighted by Gasteiger charge is -2.16. The molecule has 5 heteroatoms. The first-order chi connectivity index (χ1) is 9.19. The van der Waals surface area contributed by atoms with E-state index in [1.54, 1.807) is 24.3 Å². The summed E-state index contributed by atoms with van der Waals surface area (Å²) < 4.78 is 4.95. The van der Waals surface area contributed by atoms with E-state index >= 15 is 0 Å². The van der Waals surface area contributed by atoms with E-state index in [0.717, 1.165) is 31.6 Å². The first-order valence-corrected chi connectivity index (χ1v) is 6.63. The summed E-state index contributed by atoms with van der Waals surface area (Å²) in [5.41, 5.74) is 1.38. The summed E-state index contributed by atoms with van der Waals surface area (Å²) >= 11 is 0. The summed E-state index contributed by atoms with van der Waals surface area (Å²) in [6.07, 6.45) is 3.77. The Kier molecular flexibility index (Phi) is 6.89. The van der Waals surface area contributed by atoms with Crippen LogP contribution < -0.4 is 5.32 Å². The third-order valence-corrected chi connectivity index (χ3v) is 2.81. The molecule has 0 atom stereocenters. The average molecular weight is 265 g/mol. The Morgan fingerprint density at radius 1 is 1.47 bits per heavy atom. The second-order valence-electron chi connectivity index (χ2n) is 4.43. The van der Waals surface area contributed by atoms with Gasteiger partial charge in [-0.05, 0) is 18.6 Å². The van der Waals surface area contributed by atoms with Gasteiger partial charge in [0.25, 0.3) is 5.91 Å². The van der Waals surface area contributed by atoms with Crippen molar-refractivity contribution in [2.24, 2.45) is 0 Å². The van der Waals surface area contributed by atoms with E-state index in [-0.39, 0.29) is 5.91 Å². The smallest absolute Gasteiger partial charge is 0.272 e. The first kappa shape index (κ1) is 15.4. The summed E-state index contributed by atoms with van der Waals surface area (Å²) in [7, 11) is 3.47. The predicted molar refractivity (Wildman–Crippen MR) is 76.5 cm³/mol. The lowest BCUT2D eigenvalue weighted by atomic mass is 10.2. The Balaban J connectivity index is 2.52. The molecule has 1 aromatic heterocycles. The van der Waals surface area contributed by atoms with Crippen LogP contribution in [0.3, 0.4) is 0 Å². The van der Waals surface area contributed by atoms with Crippen molar-refractivity contribution in [2.75, 3.05) is 39.2 Å². The number of hydrogen-bond donors (Lipinski definition) is 1. The summed E-state index contributed by atoms with van der Waals surface area (Å²) in [4.78, 5) is 17.9. The predicted octanol–water partition coefficient (Wildman–Crippen LogP) is 2.01. The van der Waals surface area contributed by atoms with Gasteiger partial charge < -0.3 is 15.0 Å². The Morgan fingerprint density at radius 2 is 2.26 bits per heavy atom. The Morgan fingerprint density at radius 3 is 2.84 bits per heavy atom. The first-order valence-electron chi connectivity index (χ1n) is 6.63. The molecular weight excluding hydrogens is 242 g/mol. The third kappa shape index (κ3) is 5.26. The lowest BCUT2D eigenvalue weighted by Crippen LogP contribution is -2.28. The van der Waals surface area contributed by atoms with E-state index in [0.29, 0.717) is 12.3 Å². The van der Waals surface area contributed by atoms with Gasteiger partial charge in [0.05, 0.1) is 18.5 Å². The Bertz CT molecular complexity index is 379. The fourth-order valence-electron chi connectivity index (χ4n) is 1.61. The number of carbonyl (C=O) groups excluding carboxylic acids is 1. The highest BCUT2D eigenvalue weighted by atomic mass is 16.5. The maximum atomic E-state index is 12.0. The highest BCUT2D eigenvalue weighted by Gasteiger charge is 2.12. The van der Waals surface area contributed by atoms with E-state index in [9.17, 15) is 4.79 Å². The number of carbonyl (C=O) groups is 1. The maximum Gasteiger partial charge on any atom is 0.272 e. The zero-order chi connectivity index (χ0) is 14.1. The van der Waals surface area contributed by atoms with Crippen LogP contribution in [0.4, 0.5) is 5.69 Å². The average Bonchev–Trinajstić information content (AvgIpc) is 2.45. The minimum Gasteiger partial charge on any atom is -0.383 e. The number of rotatable bonds is 8. The molecule has 19 heavy (non-hydrogen) atoms. The van der Waals surface area contributed by atoms with Gasteiger partial charge in [0.15, 0.2) is 0 Å². The topological polar surface area (TPSA) is 54.5 Å². The quantitative estimate of drug-likeness (QED) is 0.731. The summed E-state index contributed by atoms with van der Waals surface area (Å²) in [5, 5.41) is 3.16. The van der Waals surface area contributed by atoms with Crippen molar-refractivity contribution in [3.63, 3.8) is 0 Å². The van der Waals surface area contributed by atoms with Crippen LogP contribution in [0, 0.1) is 0 Å². The van der Waals surface area contributed by atoms with Crippen molar-refractivity contribution in [1.82, 2.24) is 9.88 Å². The minimum atomic E-state index is -0.0307. The van der Waals surface area contributed by atoms with Crippen LogP contribution >= 0.6 is 0 Å². The fraction of sp³-hybridized carbons (Fsp3) is 0.571. The van der Waals surface area contributed by atoms with Gasteiger partial charge in [-0.25, -0.2) is 4.98 Å². The molecule has 0 aliphatic heterocycles. The molecular formula is C14H23N3O2. The van der Waals surface area contributed by atoms with E-state index in [2.05, 4.69) is 17.2 Å². The highest BCUT2D eigenvalue weighted by molar-refractivity contribution is 5.92. The van der Waals surface area contributed by atoms with Crippen LogP contribution in [0.25, 0.3) is 0 Å². The van der Waals surface area contributed by atoms with E-state index < -0.39 is 0 Å². The van der Waals surface area contributed by atoms with E-state index in [1.165, 1.54) is 0 Å². The largest absolute Gasteiger partial charge is 0.383 e. The number of nitrogens with one attached hydrogen (secondary N) is 1. The fourth-order valence-corrected chi connectivity index (χ4v) is 1.61. The minimum absolute atomic E-state index is 0.0307. The molecule has 0 radical (unpaired) electrons. The normalized spacial score (nSPS) is 10.3. The SMILES string of the molecule is CCCCN(C)C(=O)c1ccc(NCCOC)cn1. The molecule has 5 nitrogen and oxygen atoms in total. The van der Waals surface area contributed by atoms with Crippen LogP contribution in [0.5, 0.6) is 0 Å². The van der Waals surface area contributed by atoms with Gasteiger partial charge in [-0.1, -0.05) is 13.3 Å². The van der Waals surface area contributed by atoms with Gasteiger partial charge in [-0.3, -0.25) is 4.79 Å². The summed E-state index contributed by atoms with van der Waals surface area (Å²) in [5.74, 6) is -0.0307. The van der Waals surface area contributed by atoms with Gasteiger partial charge in [-0.15, -0.1) is 0 Å². The number of methoxy groups -OCH3 is 1. The highest BCUT2D eigenvalue weighted by Crippen LogP contribution is 2.08. The molecule has 0 aromatic carbocycles. The number of aromatic nitrogens is 1. The van der Waals surface area contributed by atoms with Gasteiger partial charge in [0.2, 0.25) is 0 Å². The number of anilines is 1. The molecule has 1 rings (SSSR count). The van der Waals surface area contributed by atoms with Crippen LogP contribution in [-0.4, -0.2) is 49.6 Å². The molecule has 106 valence electrons. The molecule has 1 N–H and O–H groups in total. The van der Waals surface area contributed by atoms with Crippen LogP contribution in [0.2, 0.25) is 0 Å². The molecule has 0 aliphatic carbocycles. The molecule has 0 saturated carbocycles. The maximum absolute atomic E-state index is 12.0. The molecule has 1 aromatic rings. The van der Waals surface area contributed by atoms with Crippen molar-refractivity contribution in [3.05, 3.63) is 24.0 Å².